The molecule has 0 atom stereocenters. The van der Waals surface area contributed by atoms with E-state index in [0.29, 0.717) is 0 Å². The third kappa shape index (κ3) is 3.99. The van der Waals surface area contributed by atoms with E-state index in [2.05, 4.69) is 159 Å². The van der Waals surface area contributed by atoms with E-state index < -0.39 is 0 Å². The van der Waals surface area contributed by atoms with Crippen molar-refractivity contribution in [2.75, 3.05) is 0 Å². The predicted molar refractivity (Wildman–Crippen MR) is 182 cm³/mol. The Morgan fingerprint density at radius 3 is 1.33 bits per heavy atom. The molecule has 0 amide bonds. The van der Waals surface area contributed by atoms with E-state index in [1.807, 2.05) is 0 Å². The Labute approximate surface area is 246 Å². The van der Waals surface area contributed by atoms with Crippen molar-refractivity contribution in [3.63, 3.8) is 0 Å². The molecule has 198 valence electrons. The fourth-order valence-electron chi connectivity index (χ4n) is 6.89. The summed E-state index contributed by atoms with van der Waals surface area (Å²) in [7, 11) is 0. The quantitative estimate of drug-likeness (QED) is 0.198. The Hall–Kier alpha value is -5.20. The van der Waals surface area contributed by atoms with Gasteiger partial charge in [-0.05, 0) is 109 Å². The first kappa shape index (κ1) is 24.6. The van der Waals surface area contributed by atoms with Gasteiger partial charge >= 0.3 is 0 Å². The normalized spacial score (nSPS) is 11.6. The van der Waals surface area contributed by atoms with Gasteiger partial charge in [-0.15, -0.1) is 0 Å². The Balaban J connectivity index is 1.52. The van der Waals surface area contributed by atoms with Gasteiger partial charge in [0.15, 0.2) is 0 Å². The third-order valence-corrected chi connectivity index (χ3v) is 8.66. The van der Waals surface area contributed by atoms with Crippen molar-refractivity contribution in [1.29, 1.82) is 0 Å². The summed E-state index contributed by atoms with van der Waals surface area (Å²) in [6.07, 6.45) is 0. The van der Waals surface area contributed by atoms with E-state index in [-0.39, 0.29) is 0 Å². The van der Waals surface area contributed by atoms with Crippen LogP contribution in [0.15, 0.2) is 146 Å². The average molecular weight is 535 g/mol. The molecule has 0 heteroatoms. The van der Waals surface area contributed by atoms with E-state index in [1.54, 1.807) is 0 Å². The second-order valence-electron chi connectivity index (χ2n) is 11.5. The summed E-state index contributed by atoms with van der Waals surface area (Å²) in [5, 5.41) is 10.2. The maximum atomic E-state index is 2.41. The van der Waals surface area contributed by atoms with Crippen molar-refractivity contribution < 1.29 is 0 Å². The fraction of sp³-hybridized carbons (Fsp3) is 0.0476. The van der Waals surface area contributed by atoms with Crippen molar-refractivity contribution >= 4 is 43.1 Å². The molecule has 0 N–H and O–H groups in total. The van der Waals surface area contributed by atoms with Crippen molar-refractivity contribution in [2.24, 2.45) is 0 Å². The monoisotopic (exact) mass is 534 g/mol. The molecule has 0 radical (unpaired) electrons. The minimum Gasteiger partial charge on any atom is -0.0616 e. The minimum absolute atomic E-state index is 1.25. The summed E-state index contributed by atoms with van der Waals surface area (Å²) in [4.78, 5) is 0. The van der Waals surface area contributed by atoms with Crippen LogP contribution in [-0.4, -0.2) is 0 Å². The lowest BCUT2D eigenvalue weighted by atomic mass is 9.82. The SMILES string of the molecule is Cc1cc(C)cc(-c2cc3ccccc3cc2-c2c3ccccc3c(-c3ccc4ccccc4c3)c3ccccc23)c1. The van der Waals surface area contributed by atoms with Gasteiger partial charge in [0.2, 0.25) is 0 Å². The van der Waals surface area contributed by atoms with Gasteiger partial charge in [-0.1, -0.05) is 139 Å². The maximum Gasteiger partial charge on any atom is -0.00199 e. The van der Waals surface area contributed by atoms with Crippen molar-refractivity contribution in [3.8, 4) is 33.4 Å². The highest BCUT2D eigenvalue weighted by Crippen LogP contribution is 2.47. The van der Waals surface area contributed by atoms with Crippen LogP contribution in [0.3, 0.4) is 0 Å². The van der Waals surface area contributed by atoms with Gasteiger partial charge < -0.3 is 0 Å². The molecule has 8 rings (SSSR count). The summed E-state index contributed by atoms with van der Waals surface area (Å²) in [5.41, 5.74) is 10.2. The molecule has 0 aliphatic rings. The molecule has 0 heterocycles. The summed E-state index contributed by atoms with van der Waals surface area (Å²) in [5.74, 6) is 0. The van der Waals surface area contributed by atoms with E-state index >= 15 is 0 Å². The number of aryl methyl sites for hydroxylation is 2. The van der Waals surface area contributed by atoms with Gasteiger partial charge in [0.1, 0.15) is 0 Å². The molecule has 42 heavy (non-hydrogen) atoms. The van der Waals surface area contributed by atoms with Crippen LogP contribution in [0.25, 0.3) is 76.5 Å². The van der Waals surface area contributed by atoms with Crippen LogP contribution < -0.4 is 0 Å². The largest absolute Gasteiger partial charge is 0.0616 e. The predicted octanol–water partition coefficient (Wildman–Crippen LogP) is 11.9. The Bertz CT molecular complexity index is 2240. The fourth-order valence-corrected chi connectivity index (χ4v) is 6.89. The first-order valence-corrected chi connectivity index (χ1v) is 14.7. The Morgan fingerprint density at radius 1 is 0.310 bits per heavy atom. The molecule has 0 spiro atoms. The van der Waals surface area contributed by atoms with E-state index in [0.717, 1.165) is 0 Å². The van der Waals surface area contributed by atoms with Gasteiger partial charge in [-0.25, -0.2) is 0 Å². The van der Waals surface area contributed by atoms with Crippen molar-refractivity contribution in [1.82, 2.24) is 0 Å². The number of benzene rings is 8. The smallest absolute Gasteiger partial charge is 0.00199 e. The molecule has 0 aromatic heterocycles. The number of hydrogen-bond acceptors (Lipinski definition) is 0. The maximum absolute atomic E-state index is 2.41. The summed E-state index contributed by atoms with van der Waals surface area (Å²) >= 11 is 0. The molecule has 8 aromatic rings. The van der Waals surface area contributed by atoms with Crippen LogP contribution in [0.2, 0.25) is 0 Å². The third-order valence-electron chi connectivity index (χ3n) is 8.66. The van der Waals surface area contributed by atoms with E-state index in [4.69, 9.17) is 0 Å². The summed E-state index contributed by atoms with van der Waals surface area (Å²) < 4.78 is 0. The van der Waals surface area contributed by atoms with Crippen LogP contribution in [0, 0.1) is 13.8 Å². The molecule has 0 nitrogen and oxygen atoms in total. The zero-order valence-corrected chi connectivity index (χ0v) is 23.9. The molecule has 0 fully saturated rings. The standard InChI is InChI=1S/C42H30/c1-27-21-28(2)23-34(22-27)39-25-31-13-5-6-14-32(31)26-40(39)42-37-17-9-7-15-35(37)41(36-16-8-10-18-38(36)42)33-20-19-29-11-3-4-12-30(29)24-33/h3-26H,1-2H3. The van der Waals surface area contributed by atoms with Gasteiger partial charge in [0, 0.05) is 0 Å². The van der Waals surface area contributed by atoms with E-state index in [9.17, 15) is 0 Å². The van der Waals surface area contributed by atoms with Gasteiger partial charge in [0.25, 0.3) is 0 Å². The van der Waals surface area contributed by atoms with Gasteiger partial charge in [0.05, 0.1) is 0 Å². The topological polar surface area (TPSA) is 0 Å². The minimum atomic E-state index is 1.25. The first-order valence-electron chi connectivity index (χ1n) is 14.7. The summed E-state index contributed by atoms with van der Waals surface area (Å²) in [6, 6.07) is 53.9. The van der Waals surface area contributed by atoms with Gasteiger partial charge in [-0.3, -0.25) is 0 Å². The molecule has 0 unspecified atom stereocenters. The molecule has 8 aromatic carbocycles. The van der Waals surface area contributed by atoms with Crippen molar-refractivity contribution in [2.45, 2.75) is 13.8 Å². The lowest BCUT2D eigenvalue weighted by Gasteiger charge is -2.21. The molecular weight excluding hydrogens is 504 g/mol. The van der Waals surface area contributed by atoms with Crippen LogP contribution in [0.1, 0.15) is 11.1 Å². The highest BCUT2D eigenvalue weighted by molar-refractivity contribution is 6.23. The van der Waals surface area contributed by atoms with Crippen LogP contribution in [0.4, 0.5) is 0 Å². The average Bonchev–Trinajstić information content (AvgIpc) is 3.02. The molecule has 0 saturated carbocycles. The highest BCUT2D eigenvalue weighted by atomic mass is 14.2. The van der Waals surface area contributed by atoms with Crippen LogP contribution in [-0.2, 0) is 0 Å². The first-order chi connectivity index (χ1) is 20.6. The Morgan fingerprint density at radius 2 is 0.762 bits per heavy atom. The zero-order valence-electron chi connectivity index (χ0n) is 23.9. The second kappa shape index (κ2) is 9.72. The zero-order chi connectivity index (χ0) is 28.2. The van der Waals surface area contributed by atoms with Crippen molar-refractivity contribution in [3.05, 3.63) is 157 Å². The van der Waals surface area contributed by atoms with Crippen LogP contribution in [0.5, 0.6) is 0 Å². The summed E-state index contributed by atoms with van der Waals surface area (Å²) in [6.45, 7) is 4.39. The second-order valence-corrected chi connectivity index (χ2v) is 11.5. The number of rotatable bonds is 3. The lowest BCUT2D eigenvalue weighted by Crippen LogP contribution is -1.94. The van der Waals surface area contributed by atoms with Crippen LogP contribution >= 0.6 is 0 Å². The highest BCUT2D eigenvalue weighted by Gasteiger charge is 2.20. The number of hydrogen-bond donors (Lipinski definition) is 0. The molecule has 0 bridgehead atoms. The van der Waals surface area contributed by atoms with E-state index in [1.165, 1.54) is 87.6 Å². The Kier molecular flexibility index (Phi) is 5.69. The molecular formula is C42H30. The molecule has 0 saturated heterocycles. The molecule has 0 aliphatic heterocycles. The lowest BCUT2D eigenvalue weighted by molar-refractivity contribution is 1.38. The number of fused-ring (bicyclic) bond motifs is 4. The molecule has 0 aliphatic carbocycles. The van der Waals surface area contributed by atoms with Gasteiger partial charge in [-0.2, -0.15) is 0 Å².